The van der Waals surface area contributed by atoms with Crippen LogP contribution in [0.4, 0.5) is 0 Å². The summed E-state index contributed by atoms with van der Waals surface area (Å²) in [5.41, 5.74) is 4.17. The van der Waals surface area contributed by atoms with E-state index < -0.39 is 0 Å². The monoisotopic (exact) mass is 424 g/mol. The van der Waals surface area contributed by atoms with E-state index >= 15 is 0 Å². The Bertz CT molecular complexity index is 896. The number of aryl methyl sites for hydroxylation is 1. The molecule has 0 aliphatic carbocycles. The predicted molar refractivity (Wildman–Crippen MR) is 128 cm³/mol. The SMILES string of the molecule is Cc1c(CN2CCC[C@@H](CCC(=O)N(C)C3CCN(C)CC3)C2)c2ccccc2n1C. The summed E-state index contributed by atoms with van der Waals surface area (Å²) in [6.45, 7) is 7.76. The van der Waals surface area contributed by atoms with Crippen LogP contribution in [-0.4, -0.2) is 71.5 Å². The third-order valence-electron chi connectivity index (χ3n) is 7.91. The van der Waals surface area contributed by atoms with Crippen LogP contribution in [0.3, 0.4) is 0 Å². The van der Waals surface area contributed by atoms with Gasteiger partial charge in [-0.15, -0.1) is 0 Å². The molecular formula is C26H40N4O. The molecule has 0 N–H and O–H groups in total. The van der Waals surface area contributed by atoms with E-state index in [9.17, 15) is 4.79 Å². The van der Waals surface area contributed by atoms with Crippen molar-refractivity contribution in [3.05, 3.63) is 35.5 Å². The van der Waals surface area contributed by atoms with E-state index in [1.807, 2.05) is 11.9 Å². The van der Waals surface area contributed by atoms with Gasteiger partial charge >= 0.3 is 0 Å². The second-order valence-corrected chi connectivity index (χ2v) is 9.96. The third-order valence-corrected chi connectivity index (χ3v) is 7.91. The third kappa shape index (κ3) is 4.98. The number of benzene rings is 1. The molecule has 3 heterocycles. The molecule has 0 saturated carbocycles. The first-order valence-electron chi connectivity index (χ1n) is 12.1. The molecule has 1 amide bonds. The molecule has 1 aromatic carbocycles. The van der Waals surface area contributed by atoms with Crippen LogP contribution in [-0.2, 0) is 18.4 Å². The maximum Gasteiger partial charge on any atom is 0.222 e. The number of likely N-dealkylation sites (tertiary alicyclic amines) is 2. The topological polar surface area (TPSA) is 31.7 Å². The van der Waals surface area contributed by atoms with Crippen molar-refractivity contribution in [3.8, 4) is 0 Å². The molecule has 2 aromatic rings. The fourth-order valence-corrected chi connectivity index (χ4v) is 5.64. The summed E-state index contributed by atoms with van der Waals surface area (Å²) in [4.78, 5) is 19.9. The second kappa shape index (κ2) is 9.74. The number of fused-ring (bicyclic) bond motifs is 1. The molecule has 0 bridgehead atoms. The summed E-state index contributed by atoms with van der Waals surface area (Å²) in [6.07, 6.45) is 6.46. The van der Waals surface area contributed by atoms with E-state index in [0.717, 1.165) is 45.4 Å². The zero-order chi connectivity index (χ0) is 22.0. The number of hydrogen-bond acceptors (Lipinski definition) is 3. The Morgan fingerprint density at radius 3 is 2.61 bits per heavy atom. The molecule has 2 aliphatic rings. The lowest BCUT2D eigenvalue weighted by Gasteiger charge is -2.36. The van der Waals surface area contributed by atoms with E-state index in [1.54, 1.807) is 0 Å². The molecule has 0 radical (unpaired) electrons. The maximum absolute atomic E-state index is 12.8. The molecule has 170 valence electrons. The van der Waals surface area contributed by atoms with E-state index in [2.05, 4.69) is 59.7 Å². The van der Waals surface area contributed by atoms with E-state index in [4.69, 9.17) is 0 Å². The summed E-state index contributed by atoms with van der Waals surface area (Å²) in [5.74, 6) is 0.982. The van der Waals surface area contributed by atoms with Crippen LogP contribution in [0.2, 0.25) is 0 Å². The Balaban J connectivity index is 1.31. The highest BCUT2D eigenvalue weighted by molar-refractivity contribution is 5.85. The first-order valence-corrected chi connectivity index (χ1v) is 12.1. The Kier molecular flexibility index (Phi) is 7.02. The molecule has 0 spiro atoms. The molecule has 5 nitrogen and oxygen atoms in total. The molecule has 31 heavy (non-hydrogen) atoms. The normalized spacial score (nSPS) is 21.6. The number of rotatable bonds is 6. The number of carbonyl (C=O) groups excluding carboxylic acids is 1. The van der Waals surface area contributed by atoms with Crippen LogP contribution in [0.5, 0.6) is 0 Å². The summed E-state index contributed by atoms with van der Waals surface area (Å²) >= 11 is 0. The molecule has 2 fully saturated rings. The first-order chi connectivity index (χ1) is 14.9. The van der Waals surface area contributed by atoms with E-state index in [0.29, 0.717) is 24.3 Å². The summed E-state index contributed by atoms with van der Waals surface area (Å²) in [5, 5.41) is 1.39. The van der Waals surface area contributed by atoms with Gasteiger partial charge in [-0.25, -0.2) is 0 Å². The van der Waals surface area contributed by atoms with Crippen LogP contribution < -0.4 is 0 Å². The van der Waals surface area contributed by atoms with Crippen LogP contribution in [0, 0.1) is 12.8 Å². The smallest absolute Gasteiger partial charge is 0.222 e. The van der Waals surface area contributed by atoms with Crippen molar-refractivity contribution in [1.29, 1.82) is 0 Å². The average Bonchev–Trinajstić information content (AvgIpc) is 3.03. The van der Waals surface area contributed by atoms with Crippen LogP contribution in [0.1, 0.15) is 49.8 Å². The highest BCUT2D eigenvalue weighted by atomic mass is 16.2. The molecule has 5 heteroatoms. The lowest BCUT2D eigenvalue weighted by atomic mass is 9.92. The quantitative estimate of drug-likeness (QED) is 0.702. The van der Waals surface area contributed by atoms with Gasteiger partial charge in [-0.05, 0) is 83.3 Å². The lowest BCUT2D eigenvalue weighted by molar-refractivity contribution is -0.133. The van der Waals surface area contributed by atoms with Crippen LogP contribution >= 0.6 is 0 Å². The second-order valence-electron chi connectivity index (χ2n) is 9.96. The molecule has 1 atom stereocenters. The van der Waals surface area contributed by atoms with Gasteiger partial charge in [-0.2, -0.15) is 0 Å². The highest BCUT2D eigenvalue weighted by Crippen LogP contribution is 2.29. The molecule has 0 unspecified atom stereocenters. The van der Waals surface area contributed by atoms with Crippen molar-refractivity contribution in [2.75, 3.05) is 40.3 Å². The van der Waals surface area contributed by atoms with Crippen LogP contribution in [0.15, 0.2) is 24.3 Å². The van der Waals surface area contributed by atoms with Crippen molar-refractivity contribution in [3.63, 3.8) is 0 Å². The number of carbonyl (C=O) groups is 1. The number of aromatic nitrogens is 1. The zero-order valence-corrected chi connectivity index (χ0v) is 19.9. The summed E-state index contributed by atoms with van der Waals surface area (Å²) in [7, 11) is 6.37. The van der Waals surface area contributed by atoms with Gasteiger partial charge in [0.1, 0.15) is 0 Å². The van der Waals surface area contributed by atoms with Gasteiger partial charge in [0.2, 0.25) is 5.91 Å². The van der Waals surface area contributed by atoms with Crippen molar-refractivity contribution in [1.82, 2.24) is 19.3 Å². The van der Waals surface area contributed by atoms with Crippen molar-refractivity contribution in [2.24, 2.45) is 13.0 Å². The highest BCUT2D eigenvalue weighted by Gasteiger charge is 2.26. The van der Waals surface area contributed by atoms with Crippen molar-refractivity contribution in [2.45, 2.75) is 58.0 Å². The largest absolute Gasteiger partial charge is 0.348 e. The Labute approximate surface area is 188 Å². The van der Waals surface area contributed by atoms with Gasteiger partial charge in [0.15, 0.2) is 0 Å². The fourth-order valence-electron chi connectivity index (χ4n) is 5.64. The van der Waals surface area contributed by atoms with Crippen molar-refractivity contribution >= 4 is 16.8 Å². The number of amides is 1. The lowest BCUT2D eigenvalue weighted by Crippen LogP contribution is -2.44. The number of para-hydroxylation sites is 1. The number of hydrogen-bond donors (Lipinski definition) is 0. The predicted octanol–water partition coefficient (Wildman–Crippen LogP) is 4.03. The molecule has 1 aromatic heterocycles. The van der Waals surface area contributed by atoms with E-state index in [1.165, 1.54) is 41.5 Å². The number of piperidine rings is 2. The van der Waals surface area contributed by atoms with Gasteiger partial charge < -0.3 is 14.4 Å². The number of nitrogens with zero attached hydrogens (tertiary/aromatic N) is 4. The Morgan fingerprint density at radius 2 is 1.84 bits per heavy atom. The maximum atomic E-state index is 12.8. The minimum atomic E-state index is 0.344. The Hall–Kier alpha value is -1.85. The molecular weight excluding hydrogens is 384 g/mol. The van der Waals surface area contributed by atoms with Gasteiger partial charge in [-0.1, -0.05) is 18.2 Å². The molecule has 2 aliphatic heterocycles. The minimum absolute atomic E-state index is 0.344. The van der Waals surface area contributed by atoms with Gasteiger partial charge in [0, 0.05) is 56.2 Å². The standard InChI is InChI=1S/C26H40N4O/c1-20-24(23-9-5-6-10-25(23)28(20)3)19-30-15-7-8-21(18-30)11-12-26(31)29(4)22-13-16-27(2)17-14-22/h5-6,9-10,21-22H,7-8,11-19H2,1-4H3/t21-/m0/s1. The molecule has 2 saturated heterocycles. The van der Waals surface area contributed by atoms with Gasteiger partial charge in [0.25, 0.3) is 0 Å². The fraction of sp³-hybridized carbons (Fsp3) is 0.654. The van der Waals surface area contributed by atoms with Crippen molar-refractivity contribution < 1.29 is 4.79 Å². The molecule has 4 rings (SSSR count). The van der Waals surface area contributed by atoms with Gasteiger partial charge in [0.05, 0.1) is 0 Å². The van der Waals surface area contributed by atoms with Crippen LogP contribution in [0.25, 0.3) is 10.9 Å². The summed E-state index contributed by atoms with van der Waals surface area (Å²) < 4.78 is 2.32. The van der Waals surface area contributed by atoms with Gasteiger partial charge in [-0.3, -0.25) is 9.69 Å². The Morgan fingerprint density at radius 1 is 1.10 bits per heavy atom. The van der Waals surface area contributed by atoms with E-state index in [-0.39, 0.29) is 0 Å². The first kappa shape index (κ1) is 22.3. The minimum Gasteiger partial charge on any atom is -0.348 e. The average molecular weight is 425 g/mol. The zero-order valence-electron chi connectivity index (χ0n) is 19.9. The summed E-state index contributed by atoms with van der Waals surface area (Å²) in [6, 6.07) is 9.19.